The topological polar surface area (TPSA) is 38.3 Å². The molecular weight excluding hydrogens is 178 g/mol. The summed E-state index contributed by atoms with van der Waals surface area (Å²) in [6.45, 7) is 5.35. The Balaban J connectivity index is 2.42. The van der Waals surface area contributed by atoms with Crippen molar-refractivity contribution in [2.75, 3.05) is 13.7 Å². The average Bonchev–Trinajstić information content (AvgIpc) is 2.12. The molecule has 1 rings (SSSR count). The minimum atomic E-state index is -0.0968. The summed E-state index contributed by atoms with van der Waals surface area (Å²) < 4.78 is 4.72. The molecule has 1 N–H and O–H groups in total. The van der Waals surface area contributed by atoms with E-state index in [1.165, 1.54) is 7.11 Å². The second-order valence-electron chi connectivity index (χ2n) is 4.47. The van der Waals surface area contributed by atoms with E-state index >= 15 is 0 Å². The summed E-state index contributed by atoms with van der Waals surface area (Å²) in [5, 5.41) is 3.48. The van der Waals surface area contributed by atoms with Crippen molar-refractivity contribution >= 4 is 5.97 Å². The van der Waals surface area contributed by atoms with Crippen LogP contribution in [0.5, 0.6) is 0 Å². The highest BCUT2D eigenvalue weighted by Crippen LogP contribution is 2.40. The van der Waals surface area contributed by atoms with Crippen molar-refractivity contribution in [2.45, 2.75) is 45.1 Å². The van der Waals surface area contributed by atoms with Crippen LogP contribution in [0.25, 0.3) is 0 Å². The van der Waals surface area contributed by atoms with Crippen molar-refractivity contribution in [2.24, 2.45) is 5.92 Å². The van der Waals surface area contributed by atoms with Crippen molar-refractivity contribution in [3.05, 3.63) is 0 Å². The predicted molar refractivity (Wildman–Crippen MR) is 56.1 cm³/mol. The maximum atomic E-state index is 11.2. The Labute approximate surface area is 86.2 Å². The number of nitrogens with one attached hydrogen (secondary N) is 1. The highest BCUT2D eigenvalue weighted by Gasteiger charge is 2.43. The molecule has 1 aliphatic rings. The van der Waals surface area contributed by atoms with Gasteiger partial charge in [-0.25, -0.2) is 0 Å². The second kappa shape index (κ2) is 4.78. The maximum absolute atomic E-state index is 11.2. The number of hydrogen-bond acceptors (Lipinski definition) is 3. The molecule has 1 saturated carbocycles. The summed E-state index contributed by atoms with van der Waals surface area (Å²) in [4.78, 5) is 11.2. The molecule has 14 heavy (non-hydrogen) atoms. The highest BCUT2D eigenvalue weighted by atomic mass is 16.5. The van der Waals surface area contributed by atoms with Gasteiger partial charge in [0, 0.05) is 5.54 Å². The van der Waals surface area contributed by atoms with E-state index in [4.69, 9.17) is 4.74 Å². The van der Waals surface area contributed by atoms with Crippen LogP contribution in [-0.2, 0) is 9.53 Å². The van der Waals surface area contributed by atoms with E-state index in [9.17, 15) is 4.79 Å². The zero-order chi connectivity index (χ0) is 10.6. The van der Waals surface area contributed by atoms with E-state index in [1.807, 2.05) is 0 Å². The molecule has 0 heterocycles. The third kappa shape index (κ3) is 2.71. The molecule has 0 saturated heterocycles. The van der Waals surface area contributed by atoms with E-state index < -0.39 is 0 Å². The Morgan fingerprint density at radius 2 is 2.21 bits per heavy atom. The third-order valence-corrected chi connectivity index (χ3v) is 2.94. The first kappa shape index (κ1) is 11.5. The highest BCUT2D eigenvalue weighted by molar-refractivity contribution is 5.71. The fourth-order valence-corrected chi connectivity index (χ4v) is 2.36. The van der Waals surface area contributed by atoms with Crippen LogP contribution in [0.2, 0.25) is 0 Å². The quantitative estimate of drug-likeness (QED) is 0.685. The number of esters is 1. The Bertz CT molecular complexity index is 197. The minimum Gasteiger partial charge on any atom is -0.469 e. The molecule has 0 bridgehead atoms. The molecule has 82 valence electrons. The van der Waals surface area contributed by atoms with E-state index in [1.54, 1.807) is 0 Å². The lowest BCUT2D eigenvalue weighted by Crippen LogP contribution is -2.56. The first-order valence-electron chi connectivity index (χ1n) is 5.44. The summed E-state index contributed by atoms with van der Waals surface area (Å²) in [5.74, 6) is 0.643. The Morgan fingerprint density at radius 1 is 1.57 bits per heavy atom. The summed E-state index contributed by atoms with van der Waals surface area (Å²) >= 11 is 0. The maximum Gasteiger partial charge on any atom is 0.307 e. The number of ether oxygens (including phenoxy) is 1. The van der Waals surface area contributed by atoms with Gasteiger partial charge >= 0.3 is 5.97 Å². The van der Waals surface area contributed by atoms with E-state index in [2.05, 4.69) is 19.2 Å². The fourth-order valence-electron chi connectivity index (χ4n) is 2.36. The smallest absolute Gasteiger partial charge is 0.307 e. The molecule has 0 spiro atoms. The molecule has 0 amide bonds. The first-order valence-corrected chi connectivity index (χ1v) is 5.44. The molecular formula is C11H21NO2. The molecule has 3 nitrogen and oxygen atoms in total. The van der Waals surface area contributed by atoms with Gasteiger partial charge in [-0.15, -0.1) is 0 Å². The van der Waals surface area contributed by atoms with Gasteiger partial charge in [0.1, 0.15) is 0 Å². The normalized spacial score (nSPS) is 30.9. The van der Waals surface area contributed by atoms with Gasteiger partial charge in [-0.05, 0) is 31.7 Å². The largest absolute Gasteiger partial charge is 0.469 e. The fraction of sp³-hybridized carbons (Fsp3) is 0.909. The number of methoxy groups -OCH3 is 1. The van der Waals surface area contributed by atoms with Gasteiger partial charge in [0.2, 0.25) is 0 Å². The van der Waals surface area contributed by atoms with Crippen molar-refractivity contribution in [3.8, 4) is 0 Å². The standard InChI is InChI=1S/C11H21NO2/c1-4-5-12-11(6-9(2)7-11)8-10(13)14-3/h9,12H,4-8H2,1-3H3. The summed E-state index contributed by atoms with van der Waals surface area (Å²) in [6.07, 6.45) is 3.83. The van der Waals surface area contributed by atoms with Crippen LogP contribution in [0.15, 0.2) is 0 Å². The number of hydrogen-bond donors (Lipinski definition) is 1. The van der Waals surface area contributed by atoms with Gasteiger partial charge in [-0.2, -0.15) is 0 Å². The summed E-state index contributed by atoms with van der Waals surface area (Å²) in [5.41, 5.74) is 0.0442. The lowest BCUT2D eigenvalue weighted by Gasteiger charge is -2.46. The minimum absolute atomic E-state index is 0.0442. The second-order valence-corrected chi connectivity index (χ2v) is 4.47. The number of carbonyl (C=O) groups excluding carboxylic acids is 1. The van der Waals surface area contributed by atoms with E-state index in [0.29, 0.717) is 6.42 Å². The van der Waals surface area contributed by atoms with Gasteiger partial charge in [0.15, 0.2) is 0 Å². The van der Waals surface area contributed by atoms with E-state index in [0.717, 1.165) is 31.7 Å². The van der Waals surface area contributed by atoms with Crippen molar-refractivity contribution in [1.29, 1.82) is 0 Å². The van der Waals surface area contributed by atoms with Gasteiger partial charge < -0.3 is 10.1 Å². The van der Waals surface area contributed by atoms with Crippen LogP contribution < -0.4 is 5.32 Å². The monoisotopic (exact) mass is 199 g/mol. The molecule has 0 aromatic carbocycles. The Morgan fingerprint density at radius 3 is 2.64 bits per heavy atom. The summed E-state index contributed by atoms with van der Waals surface area (Å²) in [6, 6.07) is 0. The molecule has 0 radical (unpaired) electrons. The first-order chi connectivity index (χ1) is 6.62. The Kier molecular flexibility index (Phi) is 3.93. The molecule has 1 fully saturated rings. The van der Waals surface area contributed by atoms with Gasteiger partial charge in [0.25, 0.3) is 0 Å². The summed E-state index contributed by atoms with van der Waals surface area (Å²) in [7, 11) is 1.46. The number of carbonyl (C=O) groups is 1. The van der Waals surface area contributed by atoms with Crippen LogP contribution in [0.4, 0.5) is 0 Å². The zero-order valence-electron chi connectivity index (χ0n) is 9.43. The molecule has 0 unspecified atom stereocenters. The Hall–Kier alpha value is -0.570. The lowest BCUT2D eigenvalue weighted by atomic mass is 9.67. The molecule has 0 aliphatic heterocycles. The molecule has 0 aromatic rings. The molecule has 0 aromatic heterocycles. The van der Waals surface area contributed by atoms with Crippen molar-refractivity contribution < 1.29 is 9.53 Å². The SMILES string of the molecule is CCCNC1(CC(=O)OC)CC(C)C1. The van der Waals surface area contributed by atoms with E-state index in [-0.39, 0.29) is 11.5 Å². The number of rotatable bonds is 5. The van der Waals surface area contributed by atoms with Gasteiger partial charge in [0.05, 0.1) is 13.5 Å². The lowest BCUT2D eigenvalue weighted by molar-refractivity contribution is -0.144. The molecule has 0 atom stereocenters. The van der Waals surface area contributed by atoms with Crippen LogP contribution in [0, 0.1) is 5.92 Å². The van der Waals surface area contributed by atoms with Crippen LogP contribution in [0.3, 0.4) is 0 Å². The van der Waals surface area contributed by atoms with Crippen molar-refractivity contribution in [1.82, 2.24) is 5.32 Å². The predicted octanol–water partition coefficient (Wildman–Crippen LogP) is 1.72. The van der Waals surface area contributed by atoms with Gasteiger partial charge in [-0.3, -0.25) is 4.79 Å². The van der Waals surface area contributed by atoms with Crippen LogP contribution in [0.1, 0.15) is 39.5 Å². The van der Waals surface area contributed by atoms with Crippen molar-refractivity contribution in [3.63, 3.8) is 0 Å². The van der Waals surface area contributed by atoms with Crippen LogP contribution >= 0.6 is 0 Å². The molecule has 3 heteroatoms. The van der Waals surface area contributed by atoms with Crippen LogP contribution in [-0.4, -0.2) is 25.2 Å². The zero-order valence-corrected chi connectivity index (χ0v) is 9.43. The average molecular weight is 199 g/mol. The molecule has 1 aliphatic carbocycles. The third-order valence-electron chi connectivity index (χ3n) is 2.94. The van der Waals surface area contributed by atoms with Gasteiger partial charge in [-0.1, -0.05) is 13.8 Å².